The summed E-state index contributed by atoms with van der Waals surface area (Å²) in [6.07, 6.45) is 4.14. The monoisotopic (exact) mass is 273 g/mol. The van der Waals surface area contributed by atoms with Crippen LogP contribution in [0.15, 0.2) is 18.2 Å². The largest absolute Gasteiger partial charge is 0.310 e. The van der Waals surface area contributed by atoms with Gasteiger partial charge in [0.15, 0.2) is 0 Å². The fraction of sp³-hybridized carbons (Fsp3) is 0.684. The molecule has 0 aliphatic heterocycles. The van der Waals surface area contributed by atoms with Gasteiger partial charge in [-0.1, -0.05) is 45.4 Å². The van der Waals surface area contributed by atoms with Crippen molar-refractivity contribution in [1.29, 1.82) is 0 Å². The van der Waals surface area contributed by atoms with Gasteiger partial charge in [0.25, 0.3) is 0 Å². The first kappa shape index (κ1) is 15.6. The van der Waals surface area contributed by atoms with E-state index in [-0.39, 0.29) is 0 Å². The van der Waals surface area contributed by atoms with Gasteiger partial charge in [-0.15, -0.1) is 0 Å². The summed E-state index contributed by atoms with van der Waals surface area (Å²) >= 11 is 0. The van der Waals surface area contributed by atoms with E-state index in [1.165, 1.54) is 36.0 Å². The van der Waals surface area contributed by atoms with Gasteiger partial charge in [-0.3, -0.25) is 0 Å². The third-order valence-corrected chi connectivity index (χ3v) is 5.21. The summed E-state index contributed by atoms with van der Waals surface area (Å²) in [5.41, 5.74) is 4.33. The van der Waals surface area contributed by atoms with Crippen LogP contribution in [0.2, 0.25) is 0 Å². The Balaban J connectivity index is 2.04. The predicted molar refractivity (Wildman–Crippen MR) is 87.9 cm³/mol. The molecule has 112 valence electrons. The van der Waals surface area contributed by atoms with Gasteiger partial charge in [-0.25, -0.2) is 0 Å². The lowest BCUT2D eigenvalue weighted by molar-refractivity contribution is 0.169. The molecule has 1 aromatic rings. The molecule has 1 N–H and O–H groups in total. The normalized spacial score (nSPS) is 27.0. The summed E-state index contributed by atoms with van der Waals surface area (Å²) < 4.78 is 0. The number of benzene rings is 1. The molecule has 0 saturated heterocycles. The zero-order chi connectivity index (χ0) is 14.7. The van der Waals surface area contributed by atoms with Crippen molar-refractivity contribution in [2.75, 3.05) is 0 Å². The average molecular weight is 273 g/mol. The van der Waals surface area contributed by atoms with Gasteiger partial charge in [0.05, 0.1) is 0 Å². The van der Waals surface area contributed by atoms with Gasteiger partial charge >= 0.3 is 0 Å². The molecule has 0 heterocycles. The molecule has 0 spiro atoms. The van der Waals surface area contributed by atoms with Crippen molar-refractivity contribution in [3.63, 3.8) is 0 Å². The van der Waals surface area contributed by atoms with Gasteiger partial charge in [0, 0.05) is 12.6 Å². The summed E-state index contributed by atoms with van der Waals surface area (Å²) in [5, 5.41) is 3.88. The minimum absolute atomic E-state index is 0.692. The number of nitrogens with one attached hydrogen (secondary N) is 1. The second-order valence-electron chi connectivity index (χ2n) is 7.18. The van der Waals surface area contributed by atoms with Crippen molar-refractivity contribution >= 4 is 0 Å². The molecule has 0 bridgehead atoms. The molecule has 1 saturated carbocycles. The molecule has 1 nitrogen and oxygen atoms in total. The van der Waals surface area contributed by atoms with Crippen LogP contribution in [0.1, 0.15) is 56.7 Å². The summed E-state index contributed by atoms with van der Waals surface area (Å²) in [4.78, 5) is 0. The lowest BCUT2D eigenvalue weighted by atomic mass is 9.74. The third kappa shape index (κ3) is 3.63. The zero-order valence-corrected chi connectivity index (χ0v) is 13.9. The maximum Gasteiger partial charge on any atom is 0.0213 e. The van der Waals surface area contributed by atoms with Crippen molar-refractivity contribution in [2.45, 2.75) is 66.5 Å². The van der Waals surface area contributed by atoms with Gasteiger partial charge < -0.3 is 5.32 Å². The topological polar surface area (TPSA) is 12.0 Å². The van der Waals surface area contributed by atoms with Crippen LogP contribution >= 0.6 is 0 Å². The summed E-state index contributed by atoms with van der Waals surface area (Å²) in [5.74, 6) is 2.51. The Bertz CT molecular complexity index is 415. The first-order valence-corrected chi connectivity index (χ1v) is 8.27. The second-order valence-corrected chi connectivity index (χ2v) is 7.18. The lowest BCUT2D eigenvalue weighted by Crippen LogP contribution is -2.42. The molecular weight excluding hydrogens is 242 g/mol. The SMILES string of the molecule is Cc1cccc(C)c1CNC1CC(C)CCC1C(C)C. The van der Waals surface area contributed by atoms with Gasteiger partial charge in [-0.2, -0.15) is 0 Å². The van der Waals surface area contributed by atoms with Crippen LogP contribution in [0.5, 0.6) is 0 Å². The average Bonchev–Trinajstić information content (AvgIpc) is 2.37. The molecule has 1 fully saturated rings. The molecule has 3 unspecified atom stereocenters. The minimum Gasteiger partial charge on any atom is -0.310 e. The molecule has 0 aromatic heterocycles. The van der Waals surface area contributed by atoms with E-state index in [4.69, 9.17) is 0 Å². The zero-order valence-electron chi connectivity index (χ0n) is 13.9. The minimum atomic E-state index is 0.692. The van der Waals surface area contributed by atoms with E-state index < -0.39 is 0 Å². The number of aryl methyl sites for hydroxylation is 2. The van der Waals surface area contributed by atoms with E-state index in [0.717, 1.165) is 24.3 Å². The van der Waals surface area contributed by atoms with E-state index in [1.54, 1.807) is 0 Å². The highest BCUT2D eigenvalue weighted by molar-refractivity contribution is 5.33. The van der Waals surface area contributed by atoms with Crippen molar-refractivity contribution in [3.05, 3.63) is 34.9 Å². The van der Waals surface area contributed by atoms with Crippen LogP contribution in [-0.2, 0) is 6.54 Å². The molecule has 1 aliphatic rings. The van der Waals surface area contributed by atoms with Gasteiger partial charge in [0.2, 0.25) is 0 Å². The molecule has 1 aliphatic carbocycles. The van der Waals surface area contributed by atoms with Crippen LogP contribution in [0.3, 0.4) is 0 Å². The fourth-order valence-corrected chi connectivity index (χ4v) is 3.80. The molecule has 1 heteroatoms. The third-order valence-electron chi connectivity index (χ3n) is 5.21. The van der Waals surface area contributed by atoms with Crippen LogP contribution in [0, 0.1) is 31.6 Å². The summed E-state index contributed by atoms with van der Waals surface area (Å²) in [7, 11) is 0. The van der Waals surface area contributed by atoms with Crippen molar-refractivity contribution < 1.29 is 0 Å². The van der Waals surface area contributed by atoms with E-state index >= 15 is 0 Å². The van der Waals surface area contributed by atoms with Crippen LogP contribution in [0.4, 0.5) is 0 Å². The van der Waals surface area contributed by atoms with Gasteiger partial charge in [-0.05, 0) is 61.1 Å². The second kappa shape index (κ2) is 6.76. The Morgan fingerprint density at radius 3 is 2.40 bits per heavy atom. The summed E-state index contributed by atoms with van der Waals surface area (Å²) in [6.45, 7) is 12.7. The predicted octanol–water partition coefficient (Wildman–Crippen LogP) is 4.85. The van der Waals surface area contributed by atoms with E-state index in [1.807, 2.05) is 0 Å². The fourth-order valence-electron chi connectivity index (χ4n) is 3.80. The number of rotatable bonds is 4. The molecule has 0 amide bonds. The smallest absolute Gasteiger partial charge is 0.0213 e. The Labute approximate surface area is 125 Å². The van der Waals surface area contributed by atoms with Crippen molar-refractivity contribution in [2.24, 2.45) is 17.8 Å². The number of hydrogen-bond donors (Lipinski definition) is 1. The highest BCUT2D eigenvalue weighted by Gasteiger charge is 2.30. The highest BCUT2D eigenvalue weighted by Crippen LogP contribution is 2.33. The van der Waals surface area contributed by atoms with Crippen LogP contribution in [-0.4, -0.2) is 6.04 Å². The standard InChI is InChI=1S/C19H31N/c1-13(2)17-10-9-14(3)11-19(17)20-12-18-15(4)7-6-8-16(18)5/h6-8,13-14,17,19-20H,9-12H2,1-5H3. The number of hydrogen-bond acceptors (Lipinski definition) is 1. The molecule has 2 rings (SSSR count). The maximum absolute atomic E-state index is 3.88. The highest BCUT2D eigenvalue weighted by atomic mass is 14.9. The Kier molecular flexibility index (Phi) is 5.26. The summed E-state index contributed by atoms with van der Waals surface area (Å²) in [6, 6.07) is 7.31. The first-order valence-electron chi connectivity index (χ1n) is 8.27. The van der Waals surface area contributed by atoms with Crippen molar-refractivity contribution in [1.82, 2.24) is 5.32 Å². The van der Waals surface area contributed by atoms with E-state index in [0.29, 0.717) is 6.04 Å². The van der Waals surface area contributed by atoms with Crippen LogP contribution < -0.4 is 5.32 Å². The van der Waals surface area contributed by atoms with Crippen LogP contribution in [0.25, 0.3) is 0 Å². The van der Waals surface area contributed by atoms with E-state index in [2.05, 4.69) is 58.1 Å². The molecule has 0 radical (unpaired) electrons. The lowest BCUT2D eigenvalue weighted by Gasteiger charge is -2.38. The molecular formula is C19H31N. The molecule has 3 atom stereocenters. The van der Waals surface area contributed by atoms with Crippen molar-refractivity contribution in [3.8, 4) is 0 Å². The Hall–Kier alpha value is -0.820. The Morgan fingerprint density at radius 1 is 1.15 bits per heavy atom. The maximum atomic E-state index is 3.88. The van der Waals surface area contributed by atoms with Gasteiger partial charge in [0.1, 0.15) is 0 Å². The Morgan fingerprint density at radius 2 is 1.80 bits per heavy atom. The first-order chi connectivity index (χ1) is 9.49. The molecule has 1 aromatic carbocycles. The van der Waals surface area contributed by atoms with E-state index in [9.17, 15) is 0 Å². The quantitative estimate of drug-likeness (QED) is 0.826. The molecule has 20 heavy (non-hydrogen) atoms.